The van der Waals surface area contributed by atoms with E-state index in [1.54, 1.807) is 12.1 Å². The molecule has 0 radical (unpaired) electrons. The number of amides is 1. The zero-order valence-electron chi connectivity index (χ0n) is 25.7. The number of aromatic amines is 1. The fourth-order valence-electron chi connectivity index (χ4n) is 4.55. The number of carbonyl (C=O) groups is 4. The predicted octanol–water partition coefficient (Wildman–Crippen LogP) is -0.971. The van der Waals surface area contributed by atoms with Crippen LogP contribution in [0.2, 0.25) is 6.04 Å². The van der Waals surface area contributed by atoms with Crippen molar-refractivity contribution in [3.8, 4) is 11.5 Å². The number of alkyl carbamates (subject to hydrolysis) is 1. The van der Waals surface area contributed by atoms with Gasteiger partial charge >= 0.3 is 38.5 Å². The maximum atomic E-state index is 12.7. The molecule has 3 atom stereocenters. The van der Waals surface area contributed by atoms with Gasteiger partial charge in [-0.2, -0.15) is 4.98 Å². The number of nitrogens with zero attached hydrogens (tertiary/aromatic N) is 3. The van der Waals surface area contributed by atoms with E-state index in [0.29, 0.717) is 11.0 Å². The molecule has 0 aromatic heterocycles. The number of H-pyrrole nitrogens is 1. The van der Waals surface area contributed by atoms with Crippen LogP contribution >= 0.6 is 0 Å². The van der Waals surface area contributed by atoms with Crippen LogP contribution in [0.4, 0.5) is 4.79 Å². The van der Waals surface area contributed by atoms with Gasteiger partial charge in [-0.25, -0.2) is 14.6 Å². The highest BCUT2D eigenvalue weighted by molar-refractivity contribution is 6.56. The van der Waals surface area contributed by atoms with Gasteiger partial charge in [0, 0.05) is 33.4 Å². The average molecular weight is 666 g/mol. The molecule has 2 aliphatic rings. The van der Waals surface area contributed by atoms with Crippen LogP contribution in [0.15, 0.2) is 21.7 Å². The molecule has 3 rings (SSSR count). The Morgan fingerprint density at radius 2 is 1.54 bits per heavy atom. The summed E-state index contributed by atoms with van der Waals surface area (Å²) in [5.41, 5.74) is 0.323. The Hall–Kier alpha value is -4.72. The van der Waals surface area contributed by atoms with Crippen LogP contribution in [-0.2, 0) is 39.9 Å². The number of esters is 3. The third-order valence-electron chi connectivity index (χ3n) is 6.59. The normalized spacial score (nSPS) is 13.5. The summed E-state index contributed by atoms with van der Waals surface area (Å²) >= 11 is 0. The zero-order chi connectivity index (χ0) is 34.3. The molecule has 0 bridgehead atoms. The monoisotopic (exact) mass is 665 g/mol. The third kappa shape index (κ3) is 9.89. The zero-order valence-corrected chi connectivity index (χ0v) is 26.7. The van der Waals surface area contributed by atoms with Crippen LogP contribution in [-0.4, -0.2) is 98.2 Å². The Balaban J connectivity index is 2.07. The Morgan fingerprint density at radius 3 is 2.15 bits per heavy atom. The third-order valence-corrected chi connectivity index (χ3v) is 7.62. The Kier molecular flexibility index (Phi) is 11.7. The van der Waals surface area contributed by atoms with Crippen LogP contribution in [0.25, 0.3) is 22.6 Å². The number of aryl methyl sites for hydroxylation is 2. The van der Waals surface area contributed by atoms with E-state index in [-0.39, 0.29) is 30.5 Å². The molecule has 18 nitrogen and oxygen atoms in total. The van der Waals surface area contributed by atoms with Crippen molar-refractivity contribution in [1.29, 1.82) is 0 Å². The number of rotatable bonds is 13. The van der Waals surface area contributed by atoms with Crippen LogP contribution < -0.4 is 16.6 Å². The lowest BCUT2D eigenvalue weighted by Gasteiger charge is -2.32. The second kappa shape index (κ2) is 15.0. The molecule has 1 aromatic carbocycles. The molecule has 19 heteroatoms. The number of nitrogens with one attached hydrogen (secondary N) is 2. The summed E-state index contributed by atoms with van der Waals surface area (Å²) in [6, 6.07) is 3.07. The largest absolute Gasteiger partial charge is 0.492 e. The summed E-state index contributed by atoms with van der Waals surface area (Å²) in [6.07, 6.45) is -5.64. The molecule has 1 amide bonds. The molecular weight excluding hydrogens is 630 g/mol. The summed E-state index contributed by atoms with van der Waals surface area (Å²) in [6.45, 7) is 5.58. The van der Waals surface area contributed by atoms with E-state index in [0.717, 1.165) is 31.9 Å². The number of carbonyl (C=O) groups excluding carboxylic acids is 4. The van der Waals surface area contributed by atoms with Crippen molar-refractivity contribution in [3.05, 3.63) is 44.1 Å². The number of ether oxygens (including phenoxy) is 4. The van der Waals surface area contributed by atoms with E-state index in [2.05, 4.69) is 20.3 Å². The molecule has 5 N–H and O–H groups in total. The molecule has 0 saturated carbocycles. The second-order valence-electron chi connectivity index (χ2n) is 10.5. The smallest absolute Gasteiger partial charge is 0.457 e. The van der Waals surface area contributed by atoms with Gasteiger partial charge in [0.25, 0.3) is 5.56 Å². The number of aromatic nitrogens is 4. The van der Waals surface area contributed by atoms with Gasteiger partial charge in [-0.1, -0.05) is 0 Å². The minimum Gasteiger partial charge on any atom is -0.457 e. The lowest BCUT2D eigenvalue weighted by Crippen LogP contribution is -2.49. The fourth-order valence-corrected chi connectivity index (χ4v) is 5.20. The molecule has 2 aliphatic heterocycles. The number of benzene rings is 1. The minimum absolute atomic E-state index is 0.00874. The average Bonchev–Trinajstić information content (AvgIpc) is 2.92. The van der Waals surface area contributed by atoms with Crippen LogP contribution in [0.1, 0.15) is 38.3 Å². The first-order valence-corrected chi connectivity index (χ1v) is 16.0. The number of hydrogen-bond donors (Lipinski definition) is 5. The summed E-state index contributed by atoms with van der Waals surface area (Å²) in [7, 11) is -4.31. The fraction of sp³-hybridized carbons (Fsp3) is 0.481. The summed E-state index contributed by atoms with van der Waals surface area (Å²) in [5.74, 6) is -2.77. The van der Waals surface area contributed by atoms with Gasteiger partial charge < -0.3 is 43.2 Å². The molecule has 250 valence electrons. The van der Waals surface area contributed by atoms with E-state index in [9.17, 15) is 28.8 Å². The highest BCUT2D eigenvalue weighted by atomic mass is 28.4. The van der Waals surface area contributed by atoms with Gasteiger partial charge in [-0.05, 0) is 43.5 Å². The van der Waals surface area contributed by atoms with E-state index < -0.39 is 75.5 Å². The number of hydrogen-bond acceptors (Lipinski definition) is 15. The minimum atomic E-state index is -4.31. The van der Waals surface area contributed by atoms with Gasteiger partial charge in [-0.3, -0.25) is 24.2 Å². The van der Waals surface area contributed by atoms with E-state index in [1.807, 2.05) is 13.8 Å². The number of fused-ring (bicyclic) bond motifs is 2. The van der Waals surface area contributed by atoms with Crippen molar-refractivity contribution < 1.29 is 52.5 Å². The predicted molar refractivity (Wildman–Crippen MR) is 158 cm³/mol. The maximum Gasteiger partial charge on any atom is 0.492 e. The van der Waals surface area contributed by atoms with Gasteiger partial charge in [0.1, 0.15) is 6.61 Å². The lowest BCUT2D eigenvalue weighted by molar-refractivity contribution is -0.187. The van der Waals surface area contributed by atoms with Crippen LogP contribution in [0, 0.1) is 13.8 Å². The molecule has 0 unspecified atom stereocenters. The van der Waals surface area contributed by atoms with Gasteiger partial charge in [0.15, 0.2) is 29.8 Å². The topological polar surface area (TPSA) is 259 Å². The second-order valence-corrected chi connectivity index (χ2v) is 12.5. The lowest BCUT2D eigenvalue weighted by atomic mass is 10.1. The van der Waals surface area contributed by atoms with E-state index >= 15 is 0 Å². The van der Waals surface area contributed by atoms with E-state index in [1.165, 1.54) is 4.57 Å². The highest BCUT2D eigenvalue weighted by Gasteiger charge is 2.39. The molecular formula is C27H35N5O13Si. The Morgan fingerprint density at radius 1 is 0.935 bits per heavy atom. The van der Waals surface area contributed by atoms with Crippen molar-refractivity contribution in [2.24, 2.45) is 0 Å². The highest BCUT2D eigenvalue weighted by Crippen LogP contribution is 2.26. The Labute approximate surface area is 262 Å². The van der Waals surface area contributed by atoms with Gasteiger partial charge in [0.05, 0.1) is 17.6 Å². The summed E-state index contributed by atoms with van der Waals surface area (Å²) < 4.78 is 22.9. The standard InChI is InChI=1S/C27H35N5O13Si/c1-13-9-18-19(10-14(13)2)32(24-22(29-18)25(36)31-26(37)30-24)11-20(43-15(3)33)23(45-17(5)35)21(44-16(4)34)12-42-27(38)28-7-6-8-46(39,40)41/h9-10,20-21,23,39-41H,6-8,11-12H2,1-5H3,(H,28,38)(H,31,36,37)/t20-,21+,23-/m0/s1. The summed E-state index contributed by atoms with van der Waals surface area (Å²) in [5, 5.41) is 2.32. The molecule has 2 heterocycles. The van der Waals surface area contributed by atoms with Crippen molar-refractivity contribution in [2.75, 3.05) is 13.2 Å². The van der Waals surface area contributed by atoms with Crippen molar-refractivity contribution >= 4 is 43.8 Å². The van der Waals surface area contributed by atoms with Gasteiger partial charge in [-0.15, -0.1) is 0 Å². The van der Waals surface area contributed by atoms with Crippen molar-refractivity contribution in [3.63, 3.8) is 0 Å². The molecule has 0 fully saturated rings. The molecule has 0 saturated heterocycles. The van der Waals surface area contributed by atoms with Crippen LogP contribution in [0.3, 0.4) is 0 Å². The quantitative estimate of drug-likeness (QED) is 0.0484. The maximum absolute atomic E-state index is 12.7. The first-order chi connectivity index (χ1) is 21.4. The molecule has 1 aromatic rings. The van der Waals surface area contributed by atoms with Crippen molar-refractivity contribution in [2.45, 2.75) is 71.9 Å². The SMILES string of the molecule is CC(=O)O[C@@H]([C@H](Cn1c2nc(=O)[nH]c(=O)c-2nc2cc(C)c(C)cc21)OC(C)=O)[C@@H](COC(=O)NCCC[Si](O)(O)O)OC(C)=O. The van der Waals surface area contributed by atoms with Crippen molar-refractivity contribution in [1.82, 2.24) is 24.8 Å². The first kappa shape index (κ1) is 35.8. The molecule has 0 aliphatic carbocycles. The first-order valence-electron chi connectivity index (χ1n) is 14.0. The molecule has 46 heavy (non-hydrogen) atoms. The molecule has 0 spiro atoms. The Bertz CT molecular complexity index is 1700. The van der Waals surface area contributed by atoms with Crippen LogP contribution in [0.5, 0.6) is 0 Å². The summed E-state index contributed by atoms with van der Waals surface area (Å²) in [4.78, 5) is 112. The van der Waals surface area contributed by atoms with E-state index in [4.69, 9.17) is 33.3 Å². The van der Waals surface area contributed by atoms with Gasteiger partial charge in [0.2, 0.25) is 0 Å².